The van der Waals surface area contributed by atoms with E-state index in [1.807, 2.05) is 49.4 Å². The summed E-state index contributed by atoms with van der Waals surface area (Å²) in [6.45, 7) is 7.65. The van der Waals surface area contributed by atoms with E-state index >= 15 is 0 Å². The molecule has 2 aromatic carbocycles. The summed E-state index contributed by atoms with van der Waals surface area (Å²) in [6, 6.07) is 17.8. The van der Waals surface area contributed by atoms with Crippen LogP contribution in [-0.4, -0.2) is 37.2 Å². The number of rotatable bonds is 10. The van der Waals surface area contributed by atoms with Gasteiger partial charge in [-0.05, 0) is 83.6 Å². The van der Waals surface area contributed by atoms with E-state index in [2.05, 4.69) is 51.4 Å². The first-order valence-electron chi connectivity index (χ1n) is 12.7. The molecule has 0 radical (unpaired) electrons. The first kappa shape index (κ1) is 25.4. The van der Waals surface area contributed by atoms with Crippen molar-refractivity contribution in [3.8, 4) is 5.75 Å². The summed E-state index contributed by atoms with van der Waals surface area (Å²) in [6.07, 6.45) is 2.39. The number of tetrazole rings is 1. The van der Waals surface area contributed by atoms with Gasteiger partial charge in [0, 0.05) is 18.7 Å². The first-order chi connectivity index (χ1) is 18.4. The minimum atomic E-state index is -0.142. The van der Waals surface area contributed by atoms with E-state index in [1.54, 1.807) is 18.1 Å². The van der Waals surface area contributed by atoms with Crippen molar-refractivity contribution in [3.05, 3.63) is 105 Å². The van der Waals surface area contributed by atoms with Gasteiger partial charge in [-0.15, -0.1) is 5.10 Å². The Balaban J connectivity index is 1.53. The highest BCUT2D eigenvalue weighted by atomic mass is 16.5. The third kappa shape index (κ3) is 5.38. The quantitative estimate of drug-likeness (QED) is 0.283. The third-order valence-corrected chi connectivity index (χ3v) is 6.86. The van der Waals surface area contributed by atoms with Crippen molar-refractivity contribution in [2.24, 2.45) is 0 Å². The number of furan rings is 1. The molecule has 196 valence electrons. The van der Waals surface area contributed by atoms with Gasteiger partial charge in [-0.2, -0.15) is 0 Å². The summed E-state index contributed by atoms with van der Waals surface area (Å²) >= 11 is 0. The van der Waals surface area contributed by atoms with E-state index in [1.165, 1.54) is 0 Å². The molecule has 1 atom stereocenters. The summed E-state index contributed by atoms with van der Waals surface area (Å²) in [4.78, 5) is 18.6. The van der Waals surface area contributed by atoms with Crippen LogP contribution in [0.2, 0.25) is 0 Å². The maximum Gasteiger partial charge on any atom is 0.252 e. The van der Waals surface area contributed by atoms with Crippen molar-refractivity contribution in [1.82, 2.24) is 30.1 Å². The summed E-state index contributed by atoms with van der Waals surface area (Å²) < 4.78 is 12.6. The minimum Gasteiger partial charge on any atom is -0.497 e. The average Bonchev–Trinajstić information content (AvgIpc) is 3.59. The van der Waals surface area contributed by atoms with Crippen molar-refractivity contribution in [3.63, 3.8) is 0 Å². The molecule has 3 aromatic heterocycles. The Bertz CT molecular complexity index is 1570. The highest BCUT2D eigenvalue weighted by Gasteiger charge is 2.26. The smallest absolute Gasteiger partial charge is 0.252 e. The molecule has 0 bridgehead atoms. The first-order valence-corrected chi connectivity index (χ1v) is 12.7. The number of methoxy groups -OCH3 is 1. The summed E-state index contributed by atoms with van der Waals surface area (Å²) in [7, 11) is 1.66. The van der Waals surface area contributed by atoms with Crippen LogP contribution in [0, 0.1) is 13.8 Å². The monoisotopic (exact) mass is 512 g/mol. The second-order valence-corrected chi connectivity index (χ2v) is 9.62. The molecule has 3 heterocycles. The molecule has 9 nitrogen and oxygen atoms in total. The van der Waals surface area contributed by atoms with Crippen LogP contribution in [0.15, 0.2) is 70.1 Å². The lowest BCUT2D eigenvalue weighted by atomic mass is 10.0. The minimum absolute atomic E-state index is 0.0887. The summed E-state index contributed by atoms with van der Waals surface area (Å²) in [5.74, 6) is 2.29. The van der Waals surface area contributed by atoms with Crippen molar-refractivity contribution < 1.29 is 9.15 Å². The van der Waals surface area contributed by atoms with Gasteiger partial charge >= 0.3 is 0 Å². The number of nitrogens with one attached hydrogen (secondary N) is 1. The number of hydrogen-bond acceptors (Lipinski definition) is 7. The molecular weight excluding hydrogens is 480 g/mol. The fraction of sp³-hybridized carbons (Fsp3) is 0.310. The maximum atomic E-state index is 13.3. The second-order valence-electron chi connectivity index (χ2n) is 9.62. The van der Waals surface area contributed by atoms with E-state index in [0.717, 1.165) is 51.3 Å². The molecule has 0 spiro atoms. The molecule has 0 saturated carbocycles. The zero-order chi connectivity index (χ0) is 26.6. The van der Waals surface area contributed by atoms with E-state index in [9.17, 15) is 4.79 Å². The van der Waals surface area contributed by atoms with Gasteiger partial charge in [0.05, 0.1) is 24.9 Å². The Morgan fingerprint density at radius 1 is 1.11 bits per heavy atom. The molecule has 0 aliphatic heterocycles. The summed E-state index contributed by atoms with van der Waals surface area (Å²) in [5, 5.41) is 13.7. The lowest BCUT2D eigenvalue weighted by Crippen LogP contribution is -2.32. The number of ether oxygens (including phenoxy) is 1. The predicted octanol–water partition coefficient (Wildman–Crippen LogP) is 4.93. The van der Waals surface area contributed by atoms with Crippen LogP contribution < -0.4 is 10.3 Å². The predicted molar refractivity (Wildman–Crippen MR) is 145 cm³/mol. The molecule has 5 aromatic rings. The van der Waals surface area contributed by atoms with Crippen molar-refractivity contribution in [2.45, 2.75) is 52.9 Å². The Kier molecular flexibility index (Phi) is 7.37. The number of fused-ring (bicyclic) bond motifs is 1. The Morgan fingerprint density at radius 2 is 1.92 bits per heavy atom. The van der Waals surface area contributed by atoms with Crippen molar-refractivity contribution >= 4 is 10.9 Å². The van der Waals surface area contributed by atoms with Gasteiger partial charge < -0.3 is 14.1 Å². The molecule has 0 unspecified atom stereocenters. The molecule has 38 heavy (non-hydrogen) atoms. The fourth-order valence-electron chi connectivity index (χ4n) is 5.03. The molecular formula is C29H32N6O3. The topological polar surface area (TPSA) is 102 Å². The van der Waals surface area contributed by atoms with Gasteiger partial charge in [-0.1, -0.05) is 30.7 Å². The molecule has 9 heteroatoms. The number of H-pyrrole nitrogens is 1. The highest BCUT2D eigenvalue weighted by Crippen LogP contribution is 2.28. The number of nitrogens with zero attached hydrogens (tertiary/aromatic N) is 5. The third-order valence-electron chi connectivity index (χ3n) is 6.86. The van der Waals surface area contributed by atoms with E-state index in [0.29, 0.717) is 25.2 Å². The number of benzene rings is 2. The Morgan fingerprint density at radius 3 is 2.63 bits per heavy atom. The average molecular weight is 513 g/mol. The van der Waals surface area contributed by atoms with Crippen LogP contribution >= 0.6 is 0 Å². The number of pyridine rings is 1. The number of hydrogen-bond donors (Lipinski definition) is 1. The molecule has 0 amide bonds. The standard InChI is InChI=1S/C29H32N6O3/c1-5-26(28-31-32-33-35(28)18-25-7-6-12-38-25)34(16-21-8-10-24(37-4)11-9-21)17-23-15-22-14-19(2)13-20(3)27(22)30-29(23)36/h6-15,26H,5,16-18H2,1-4H3,(H,30,36)/t26-/m0/s1. The Hall–Kier alpha value is -4.24. The molecule has 5 rings (SSSR count). The zero-order valence-corrected chi connectivity index (χ0v) is 22.1. The summed E-state index contributed by atoms with van der Waals surface area (Å²) in [5.41, 5.74) is 4.79. The molecule has 0 saturated heterocycles. The van der Waals surface area contributed by atoms with Crippen molar-refractivity contribution in [1.29, 1.82) is 0 Å². The van der Waals surface area contributed by atoms with E-state index < -0.39 is 0 Å². The van der Waals surface area contributed by atoms with Gasteiger partial charge in [0.2, 0.25) is 0 Å². The van der Waals surface area contributed by atoms with Crippen LogP contribution in [0.5, 0.6) is 5.75 Å². The van der Waals surface area contributed by atoms with Gasteiger partial charge in [0.25, 0.3) is 5.56 Å². The van der Waals surface area contributed by atoms with E-state index in [-0.39, 0.29) is 11.6 Å². The largest absolute Gasteiger partial charge is 0.497 e. The second kappa shape index (κ2) is 11.0. The van der Waals surface area contributed by atoms with Crippen LogP contribution in [0.3, 0.4) is 0 Å². The van der Waals surface area contributed by atoms with Gasteiger partial charge in [0.15, 0.2) is 5.82 Å². The van der Waals surface area contributed by atoms with E-state index in [4.69, 9.17) is 9.15 Å². The normalized spacial score (nSPS) is 12.3. The molecule has 1 N–H and O–H groups in total. The van der Waals surface area contributed by atoms with Crippen molar-refractivity contribution in [2.75, 3.05) is 7.11 Å². The van der Waals surface area contributed by atoms with Gasteiger partial charge in [-0.25, -0.2) is 4.68 Å². The SMILES string of the molecule is CC[C@@H](c1nnnn1Cc1ccco1)N(Cc1ccc(OC)cc1)Cc1cc2cc(C)cc(C)c2[nH]c1=O. The molecule has 0 aliphatic rings. The van der Waals surface area contributed by atoms with Crippen LogP contribution in [-0.2, 0) is 19.6 Å². The molecule has 0 fully saturated rings. The Labute approximate surface area is 221 Å². The lowest BCUT2D eigenvalue weighted by Gasteiger charge is -2.30. The van der Waals surface area contributed by atoms with Crippen LogP contribution in [0.25, 0.3) is 10.9 Å². The lowest BCUT2D eigenvalue weighted by molar-refractivity contribution is 0.161. The van der Waals surface area contributed by atoms with Gasteiger partial charge in [-0.3, -0.25) is 9.69 Å². The number of aromatic amines is 1. The van der Waals surface area contributed by atoms with Gasteiger partial charge in [0.1, 0.15) is 18.1 Å². The molecule has 0 aliphatic carbocycles. The zero-order valence-electron chi connectivity index (χ0n) is 22.1. The maximum absolute atomic E-state index is 13.3. The van der Waals surface area contributed by atoms with Crippen LogP contribution in [0.4, 0.5) is 0 Å². The highest BCUT2D eigenvalue weighted by molar-refractivity contribution is 5.82. The fourth-order valence-corrected chi connectivity index (χ4v) is 5.03. The van der Waals surface area contributed by atoms with Crippen LogP contribution in [0.1, 0.15) is 53.2 Å². The number of aryl methyl sites for hydroxylation is 2. The number of aromatic nitrogens is 5.